The molecule has 0 aliphatic carbocycles. The summed E-state index contributed by atoms with van der Waals surface area (Å²) in [6, 6.07) is 20.5. The highest BCUT2D eigenvalue weighted by Crippen LogP contribution is 2.32. The smallest absolute Gasteiger partial charge is 0.274 e. The largest absolute Gasteiger partial charge is 0.301 e. The molecule has 1 aliphatic heterocycles. The maximum absolute atomic E-state index is 13.5. The highest BCUT2D eigenvalue weighted by molar-refractivity contribution is 5.85. The number of aromatic nitrogens is 2. The molecular weight excluding hydrogens is 468 g/mol. The SMILES string of the molecule is Cl.O=c1c2ccccc2cnn1CCN1CCC(=C(c2ccc(F)cc2)c2ccc(F)cc2)CC1. The van der Waals surface area contributed by atoms with Gasteiger partial charge in [0.25, 0.3) is 5.56 Å². The Hall–Kier alpha value is -3.35. The average Bonchev–Trinajstić information content (AvgIpc) is 2.87. The fourth-order valence-corrected chi connectivity index (χ4v) is 4.63. The van der Waals surface area contributed by atoms with Crippen molar-refractivity contribution in [2.24, 2.45) is 0 Å². The van der Waals surface area contributed by atoms with Crippen molar-refractivity contribution in [3.05, 3.63) is 118 Å². The molecule has 7 heteroatoms. The minimum absolute atomic E-state index is 0. The van der Waals surface area contributed by atoms with Gasteiger partial charge in [0.1, 0.15) is 11.6 Å². The number of hydrogen-bond donors (Lipinski definition) is 0. The van der Waals surface area contributed by atoms with Crippen molar-refractivity contribution in [3.63, 3.8) is 0 Å². The first-order chi connectivity index (χ1) is 16.6. The second-order valence-corrected chi connectivity index (χ2v) is 8.59. The van der Waals surface area contributed by atoms with Crippen LogP contribution in [0.1, 0.15) is 24.0 Å². The van der Waals surface area contributed by atoms with Crippen LogP contribution in [-0.2, 0) is 6.54 Å². The lowest BCUT2D eigenvalue weighted by Crippen LogP contribution is -2.36. The predicted octanol–water partition coefficient (Wildman–Crippen LogP) is 5.69. The van der Waals surface area contributed by atoms with Crippen molar-refractivity contribution < 1.29 is 8.78 Å². The zero-order valence-corrected chi connectivity index (χ0v) is 20.0. The number of fused-ring (bicyclic) bond motifs is 1. The van der Waals surface area contributed by atoms with Gasteiger partial charge in [-0.15, -0.1) is 12.4 Å². The Morgan fingerprint density at radius 2 is 1.37 bits per heavy atom. The van der Waals surface area contributed by atoms with E-state index in [0.29, 0.717) is 11.9 Å². The van der Waals surface area contributed by atoms with E-state index in [1.54, 1.807) is 30.5 Å². The van der Waals surface area contributed by atoms with E-state index in [4.69, 9.17) is 0 Å². The van der Waals surface area contributed by atoms with Crippen LogP contribution in [0.2, 0.25) is 0 Å². The van der Waals surface area contributed by atoms with Gasteiger partial charge in [-0.2, -0.15) is 5.10 Å². The van der Waals surface area contributed by atoms with Gasteiger partial charge in [0.2, 0.25) is 0 Å². The van der Waals surface area contributed by atoms with Crippen molar-refractivity contribution in [2.75, 3.05) is 19.6 Å². The number of hydrogen-bond acceptors (Lipinski definition) is 3. The van der Waals surface area contributed by atoms with Crippen LogP contribution in [0.3, 0.4) is 0 Å². The van der Waals surface area contributed by atoms with Crippen LogP contribution in [0.15, 0.2) is 89.4 Å². The van der Waals surface area contributed by atoms with Gasteiger partial charge in [0.15, 0.2) is 0 Å². The van der Waals surface area contributed by atoms with Crippen LogP contribution in [0.25, 0.3) is 16.3 Å². The molecule has 0 saturated carbocycles. The molecule has 1 aliphatic rings. The molecule has 0 bridgehead atoms. The number of benzene rings is 3. The van der Waals surface area contributed by atoms with Gasteiger partial charge in [-0.3, -0.25) is 4.79 Å². The zero-order chi connectivity index (χ0) is 23.5. The summed E-state index contributed by atoms with van der Waals surface area (Å²) in [5, 5.41) is 5.87. The van der Waals surface area contributed by atoms with E-state index >= 15 is 0 Å². The number of piperidine rings is 1. The summed E-state index contributed by atoms with van der Waals surface area (Å²) in [7, 11) is 0. The molecule has 1 aromatic heterocycles. The number of halogens is 3. The van der Waals surface area contributed by atoms with E-state index in [0.717, 1.165) is 54.6 Å². The Balaban J connectivity index is 0.00000289. The zero-order valence-electron chi connectivity index (χ0n) is 19.2. The summed E-state index contributed by atoms with van der Waals surface area (Å²) in [5.41, 5.74) is 4.12. The monoisotopic (exact) mass is 493 g/mol. The van der Waals surface area contributed by atoms with Crippen molar-refractivity contribution in [1.82, 2.24) is 14.7 Å². The van der Waals surface area contributed by atoms with E-state index < -0.39 is 0 Å². The van der Waals surface area contributed by atoms with Crippen molar-refractivity contribution >= 4 is 28.8 Å². The van der Waals surface area contributed by atoms with E-state index in [9.17, 15) is 13.6 Å². The summed E-state index contributed by atoms with van der Waals surface area (Å²) in [6.07, 6.45) is 3.44. The van der Waals surface area contributed by atoms with Crippen molar-refractivity contribution in [2.45, 2.75) is 19.4 Å². The van der Waals surface area contributed by atoms with Gasteiger partial charge in [-0.05, 0) is 59.9 Å². The quantitative estimate of drug-likeness (QED) is 0.358. The Morgan fingerprint density at radius 3 is 1.97 bits per heavy atom. The Bertz CT molecular complexity index is 1340. The minimum atomic E-state index is -0.278. The molecule has 5 rings (SSSR count). The third-order valence-electron chi connectivity index (χ3n) is 6.47. The first kappa shape index (κ1) is 24.8. The third-order valence-corrected chi connectivity index (χ3v) is 6.47. The minimum Gasteiger partial charge on any atom is -0.301 e. The van der Waals surface area contributed by atoms with E-state index in [2.05, 4.69) is 10.00 Å². The molecule has 1 fully saturated rings. The molecule has 4 nitrogen and oxygen atoms in total. The van der Waals surface area contributed by atoms with Gasteiger partial charge >= 0.3 is 0 Å². The predicted molar refractivity (Wildman–Crippen MR) is 138 cm³/mol. The summed E-state index contributed by atoms with van der Waals surface area (Å²) in [5.74, 6) is -0.556. The number of likely N-dealkylation sites (tertiary alicyclic amines) is 1. The van der Waals surface area contributed by atoms with Gasteiger partial charge in [0.05, 0.1) is 18.1 Å². The lowest BCUT2D eigenvalue weighted by Gasteiger charge is -2.30. The molecule has 1 saturated heterocycles. The summed E-state index contributed by atoms with van der Waals surface area (Å²) in [4.78, 5) is 15.1. The second-order valence-electron chi connectivity index (χ2n) is 8.59. The molecule has 0 spiro atoms. The van der Waals surface area contributed by atoms with Gasteiger partial charge < -0.3 is 4.90 Å². The van der Waals surface area contributed by atoms with Crippen molar-refractivity contribution in [1.29, 1.82) is 0 Å². The van der Waals surface area contributed by atoms with E-state index in [1.165, 1.54) is 34.5 Å². The van der Waals surface area contributed by atoms with Gasteiger partial charge in [0, 0.05) is 25.0 Å². The van der Waals surface area contributed by atoms with Crippen LogP contribution in [0, 0.1) is 11.6 Å². The first-order valence-corrected chi connectivity index (χ1v) is 11.5. The second kappa shape index (κ2) is 10.9. The van der Waals surface area contributed by atoms with Gasteiger partial charge in [-0.25, -0.2) is 13.5 Å². The molecule has 0 N–H and O–H groups in total. The molecule has 0 atom stereocenters. The van der Waals surface area contributed by atoms with E-state index in [-0.39, 0.29) is 29.6 Å². The summed E-state index contributed by atoms with van der Waals surface area (Å²) < 4.78 is 28.6. The Labute approximate surface area is 208 Å². The molecule has 180 valence electrons. The first-order valence-electron chi connectivity index (χ1n) is 11.5. The molecule has 0 unspecified atom stereocenters. The summed E-state index contributed by atoms with van der Waals surface area (Å²) >= 11 is 0. The molecular formula is C28H26ClF2N3O. The molecule has 2 heterocycles. The molecule has 0 amide bonds. The highest BCUT2D eigenvalue weighted by Gasteiger charge is 2.19. The fourth-order valence-electron chi connectivity index (χ4n) is 4.63. The summed E-state index contributed by atoms with van der Waals surface area (Å²) in [6.45, 7) is 2.97. The molecule has 0 radical (unpaired) electrons. The van der Waals surface area contributed by atoms with E-state index in [1.807, 2.05) is 24.3 Å². The Kier molecular flexibility index (Phi) is 7.73. The average molecular weight is 494 g/mol. The molecule has 3 aromatic carbocycles. The van der Waals surface area contributed by atoms with Crippen LogP contribution in [0.4, 0.5) is 8.78 Å². The van der Waals surface area contributed by atoms with Crippen LogP contribution < -0.4 is 5.56 Å². The topological polar surface area (TPSA) is 38.1 Å². The fraction of sp³-hybridized carbons (Fsp3) is 0.214. The third kappa shape index (κ3) is 5.50. The standard InChI is InChI=1S/C28H25F2N3O.ClH/c29-24-9-5-20(6-10-24)27(21-7-11-25(30)12-8-21)22-13-15-32(16-14-22)17-18-33-28(34)26-4-2-1-3-23(26)19-31-33;/h1-12,19H,13-18H2;1H. The van der Waals surface area contributed by atoms with Crippen molar-refractivity contribution in [3.8, 4) is 0 Å². The van der Waals surface area contributed by atoms with Gasteiger partial charge in [-0.1, -0.05) is 48.0 Å². The number of nitrogens with zero attached hydrogens (tertiary/aromatic N) is 3. The number of rotatable bonds is 5. The van der Waals surface area contributed by atoms with Crippen LogP contribution in [-0.4, -0.2) is 34.3 Å². The molecule has 35 heavy (non-hydrogen) atoms. The lowest BCUT2D eigenvalue weighted by molar-refractivity contribution is 0.242. The molecule has 4 aromatic rings. The van der Waals surface area contributed by atoms with Crippen LogP contribution in [0.5, 0.6) is 0 Å². The lowest BCUT2D eigenvalue weighted by atomic mass is 9.88. The Morgan fingerprint density at radius 1 is 0.800 bits per heavy atom. The highest BCUT2D eigenvalue weighted by atomic mass is 35.5. The maximum atomic E-state index is 13.5. The van der Waals surface area contributed by atoms with Crippen LogP contribution >= 0.6 is 12.4 Å². The normalized spacial score (nSPS) is 14.1. The maximum Gasteiger partial charge on any atom is 0.274 e.